The van der Waals surface area contributed by atoms with Gasteiger partial charge in [-0.25, -0.2) is 10.2 Å². The van der Waals surface area contributed by atoms with Gasteiger partial charge in [-0.15, -0.1) is 0 Å². The zero-order valence-electron chi connectivity index (χ0n) is 22.0. The van der Waals surface area contributed by atoms with Crippen LogP contribution >= 0.6 is 27.5 Å². The van der Waals surface area contributed by atoms with Gasteiger partial charge < -0.3 is 9.72 Å². The number of amides is 1. The number of nitrogens with zero attached hydrogens (tertiary/aromatic N) is 2. The van der Waals surface area contributed by atoms with E-state index in [4.69, 9.17) is 16.3 Å². The van der Waals surface area contributed by atoms with E-state index in [9.17, 15) is 32.9 Å². The van der Waals surface area contributed by atoms with Gasteiger partial charge in [-0.2, -0.15) is 18.3 Å². The van der Waals surface area contributed by atoms with Crippen LogP contribution < -0.4 is 10.2 Å². The van der Waals surface area contributed by atoms with Crippen LogP contribution in [-0.4, -0.2) is 28.0 Å². The van der Waals surface area contributed by atoms with E-state index in [2.05, 4.69) is 31.4 Å². The van der Waals surface area contributed by atoms with Gasteiger partial charge in [-0.1, -0.05) is 57.9 Å². The van der Waals surface area contributed by atoms with E-state index in [0.29, 0.717) is 10.0 Å². The molecule has 4 aromatic carbocycles. The first-order valence-corrected chi connectivity index (χ1v) is 13.7. The van der Waals surface area contributed by atoms with Crippen LogP contribution in [0.4, 0.5) is 18.9 Å². The predicted molar refractivity (Wildman–Crippen MR) is 161 cm³/mol. The van der Waals surface area contributed by atoms with Gasteiger partial charge >= 0.3 is 12.1 Å². The number of hydrogen-bond donors (Lipinski definition) is 2. The number of H-pyrrole nitrogens is 1. The van der Waals surface area contributed by atoms with Gasteiger partial charge in [0.15, 0.2) is 0 Å². The molecule has 14 heteroatoms. The second kappa shape index (κ2) is 12.3. The minimum absolute atomic E-state index is 0.0479. The summed E-state index contributed by atoms with van der Waals surface area (Å²) in [5.74, 6) is -1.62. The molecule has 1 aromatic heterocycles. The number of rotatable bonds is 7. The number of benzene rings is 4. The molecule has 0 spiro atoms. The molecule has 0 aliphatic carbocycles. The Hall–Kier alpha value is -5.01. The number of nitro benzene ring substituents is 1. The normalized spacial score (nSPS) is 11.6. The Balaban J connectivity index is 1.45. The van der Waals surface area contributed by atoms with Crippen molar-refractivity contribution in [3.8, 4) is 16.9 Å². The van der Waals surface area contributed by atoms with Gasteiger partial charge in [0, 0.05) is 43.7 Å². The van der Waals surface area contributed by atoms with Gasteiger partial charge in [-0.05, 0) is 42.5 Å². The fourth-order valence-electron chi connectivity index (χ4n) is 4.38. The number of carbonyl (C=O) groups is 2. The van der Waals surface area contributed by atoms with E-state index >= 15 is 0 Å². The van der Waals surface area contributed by atoms with Crippen molar-refractivity contribution in [1.29, 1.82) is 0 Å². The third kappa shape index (κ3) is 6.33. The number of alkyl halides is 3. The highest BCUT2D eigenvalue weighted by Gasteiger charge is 2.35. The van der Waals surface area contributed by atoms with Crippen molar-refractivity contribution in [2.45, 2.75) is 6.18 Å². The number of aromatic nitrogens is 1. The van der Waals surface area contributed by atoms with E-state index in [1.54, 1.807) is 36.4 Å². The van der Waals surface area contributed by atoms with E-state index < -0.39 is 28.5 Å². The Morgan fingerprint density at radius 1 is 1.02 bits per heavy atom. The predicted octanol–water partition coefficient (Wildman–Crippen LogP) is 8.16. The molecule has 1 heterocycles. The number of halogens is 5. The standard InChI is InChI=1S/C30H17BrClF3N4O5/c31-18-10-13-24(44-29(41)16-8-11-19(12-9-16)39(42)43)17(14-18)15-36-38-28(40)27-25(20-4-1-2-7-23(20)32)21-5-3-6-22(26(21)37-27)30(33,34)35/h1-15,37H,(H,38,40). The Kier molecular flexibility index (Phi) is 8.52. The summed E-state index contributed by atoms with van der Waals surface area (Å²) < 4.78 is 47.5. The lowest BCUT2D eigenvalue weighted by molar-refractivity contribution is -0.384. The van der Waals surface area contributed by atoms with Crippen LogP contribution in [0, 0.1) is 10.1 Å². The summed E-state index contributed by atoms with van der Waals surface area (Å²) in [4.78, 5) is 38.9. The fourth-order valence-corrected chi connectivity index (χ4v) is 4.98. The van der Waals surface area contributed by atoms with Crippen molar-refractivity contribution in [1.82, 2.24) is 10.4 Å². The highest BCUT2D eigenvalue weighted by atomic mass is 79.9. The summed E-state index contributed by atoms with van der Waals surface area (Å²) in [6.07, 6.45) is -3.52. The molecule has 9 nitrogen and oxygen atoms in total. The van der Waals surface area contributed by atoms with Crippen molar-refractivity contribution in [3.05, 3.63) is 127 Å². The summed E-state index contributed by atoms with van der Waals surface area (Å²) in [6, 6.07) is 19.4. The van der Waals surface area contributed by atoms with E-state index in [-0.39, 0.29) is 49.7 Å². The zero-order valence-corrected chi connectivity index (χ0v) is 24.3. The third-order valence-corrected chi connectivity index (χ3v) is 7.19. The third-order valence-electron chi connectivity index (χ3n) is 6.37. The Morgan fingerprint density at radius 2 is 1.75 bits per heavy atom. The van der Waals surface area contributed by atoms with Crippen molar-refractivity contribution in [2.24, 2.45) is 5.10 Å². The number of hydrogen-bond acceptors (Lipinski definition) is 6. The minimum atomic E-state index is -4.70. The largest absolute Gasteiger partial charge is 0.422 e. The van der Waals surface area contributed by atoms with Crippen LogP contribution in [0.5, 0.6) is 5.75 Å². The number of nitro groups is 1. The number of nitrogens with one attached hydrogen (secondary N) is 2. The van der Waals surface area contributed by atoms with Gasteiger partial charge in [0.1, 0.15) is 11.4 Å². The number of esters is 1. The number of hydrazone groups is 1. The molecule has 0 saturated carbocycles. The van der Waals surface area contributed by atoms with Crippen molar-refractivity contribution < 1.29 is 32.4 Å². The Morgan fingerprint density at radius 3 is 2.43 bits per heavy atom. The molecule has 0 bridgehead atoms. The lowest BCUT2D eigenvalue weighted by Gasteiger charge is -2.09. The number of fused-ring (bicyclic) bond motifs is 1. The topological polar surface area (TPSA) is 127 Å². The maximum atomic E-state index is 13.8. The SMILES string of the molecule is O=C(Oc1ccc(Br)cc1C=NNC(=O)c1[nH]c2c(C(F)(F)F)cccc2c1-c1ccccc1Cl)c1ccc([N+](=O)[O-])cc1. The second-order valence-corrected chi connectivity index (χ2v) is 10.5. The number of aromatic amines is 1. The van der Waals surface area contributed by atoms with Crippen LogP contribution in [0.3, 0.4) is 0 Å². The first-order chi connectivity index (χ1) is 20.9. The first kappa shape index (κ1) is 30.4. The summed E-state index contributed by atoms with van der Waals surface area (Å²) in [6.45, 7) is 0. The van der Waals surface area contributed by atoms with Crippen LogP contribution in [0.1, 0.15) is 32.0 Å². The monoisotopic (exact) mass is 684 g/mol. The van der Waals surface area contributed by atoms with Gasteiger partial charge in [-0.3, -0.25) is 14.9 Å². The molecule has 1 amide bonds. The molecule has 222 valence electrons. The van der Waals surface area contributed by atoms with Crippen LogP contribution in [-0.2, 0) is 6.18 Å². The molecule has 5 rings (SSSR count). The lowest BCUT2D eigenvalue weighted by Crippen LogP contribution is -2.19. The molecule has 0 aliphatic heterocycles. The molecule has 0 radical (unpaired) electrons. The molecule has 0 atom stereocenters. The molecule has 0 fully saturated rings. The molecule has 2 N–H and O–H groups in total. The second-order valence-electron chi connectivity index (χ2n) is 9.16. The Bertz CT molecular complexity index is 1960. The number of para-hydroxylation sites is 1. The summed E-state index contributed by atoms with van der Waals surface area (Å²) in [7, 11) is 0. The molecule has 0 unspecified atom stereocenters. The average molecular weight is 686 g/mol. The highest BCUT2D eigenvalue weighted by Crippen LogP contribution is 2.41. The highest BCUT2D eigenvalue weighted by molar-refractivity contribution is 9.10. The lowest BCUT2D eigenvalue weighted by atomic mass is 10.00. The van der Waals surface area contributed by atoms with Gasteiger partial charge in [0.05, 0.1) is 27.8 Å². The molecular formula is C30H17BrClF3N4O5. The zero-order chi connectivity index (χ0) is 31.6. The summed E-state index contributed by atoms with van der Waals surface area (Å²) in [5.41, 5.74) is 1.43. The summed E-state index contributed by atoms with van der Waals surface area (Å²) >= 11 is 9.68. The van der Waals surface area contributed by atoms with Crippen molar-refractivity contribution in [2.75, 3.05) is 0 Å². The van der Waals surface area contributed by atoms with Crippen molar-refractivity contribution in [3.63, 3.8) is 0 Å². The maximum absolute atomic E-state index is 13.8. The number of non-ortho nitro benzene ring substituents is 1. The molecule has 5 aromatic rings. The number of ether oxygens (including phenoxy) is 1. The van der Waals surface area contributed by atoms with E-state index in [0.717, 1.165) is 18.2 Å². The quantitative estimate of drug-likeness (QED) is 0.0588. The van der Waals surface area contributed by atoms with E-state index in [1.165, 1.54) is 36.5 Å². The van der Waals surface area contributed by atoms with Crippen molar-refractivity contribution >= 4 is 62.2 Å². The van der Waals surface area contributed by atoms with E-state index in [1.807, 2.05) is 0 Å². The van der Waals surface area contributed by atoms with Gasteiger partial charge in [0.2, 0.25) is 0 Å². The minimum Gasteiger partial charge on any atom is -0.422 e. The van der Waals surface area contributed by atoms with Gasteiger partial charge in [0.25, 0.3) is 11.6 Å². The smallest absolute Gasteiger partial charge is 0.418 e. The van der Waals surface area contributed by atoms with Crippen LogP contribution in [0.15, 0.2) is 94.5 Å². The number of carbonyl (C=O) groups excluding carboxylic acids is 2. The van der Waals surface area contributed by atoms with Crippen LogP contribution in [0.2, 0.25) is 5.02 Å². The first-order valence-electron chi connectivity index (χ1n) is 12.5. The average Bonchev–Trinajstić information content (AvgIpc) is 3.38. The molecule has 0 aliphatic rings. The molecular weight excluding hydrogens is 669 g/mol. The fraction of sp³-hybridized carbons (Fsp3) is 0.0333. The molecule has 0 saturated heterocycles. The Labute approximate surface area is 259 Å². The summed E-state index contributed by atoms with van der Waals surface area (Å²) in [5, 5.41) is 15.2. The molecule has 44 heavy (non-hydrogen) atoms. The maximum Gasteiger partial charge on any atom is 0.418 e. The van der Waals surface area contributed by atoms with Crippen LogP contribution in [0.25, 0.3) is 22.0 Å².